The molecule has 0 aliphatic carbocycles. The van der Waals surface area contributed by atoms with Gasteiger partial charge in [0.05, 0.1) is 23.4 Å². The van der Waals surface area contributed by atoms with Crippen LogP contribution in [0.4, 0.5) is 11.4 Å². The predicted octanol–water partition coefficient (Wildman–Crippen LogP) is 4.73. The molecule has 0 spiro atoms. The number of esters is 1. The molecule has 0 saturated carbocycles. The second kappa shape index (κ2) is 9.34. The number of piperidine rings is 1. The molecule has 1 saturated heterocycles. The van der Waals surface area contributed by atoms with Crippen molar-refractivity contribution in [2.45, 2.75) is 33.6 Å². The van der Waals surface area contributed by atoms with Crippen LogP contribution in [0, 0.1) is 12.8 Å². The van der Waals surface area contributed by atoms with E-state index in [0.717, 1.165) is 42.7 Å². The molecule has 1 aromatic carbocycles. The normalized spacial score (nSPS) is 16.1. The lowest BCUT2D eigenvalue weighted by molar-refractivity contribution is 0.0526. The Labute approximate surface area is 187 Å². The molecule has 32 heavy (non-hydrogen) atoms. The standard InChI is InChI=1S/C25H28N4O3/c1-4-32-25(31)18-8-10-19(11-9-18)28-22-20-12-7-17(3)27-23(20)26-14-21(22)24(30)29-13-5-6-16(2)15-29/h7-12,14,16H,4-6,13,15H2,1-3H3,(H,26,27,28)/t16-/m0/s1. The van der Waals surface area contributed by atoms with Crippen molar-refractivity contribution in [3.05, 3.63) is 59.4 Å². The van der Waals surface area contributed by atoms with E-state index in [1.807, 2.05) is 24.0 Å². The van der Waals surface area contributed by atoms with Gasteiger partial charge in [0.25, 0.3) is 5.91 Å². The Hall–Kier alpha value is -3.48. The van der Waals surface area contributed by atoms with Gasteiger partial charge in [-0.1, -0.05) is 6.92 Å². The first-order valence-electron chi connectivity index (χ1n) is 11.1. The van der Waals surface area contributed by atoms with Gasteiger partial charge in [0, 0.05) is 36.1 Å². The smallest absolute Gasteiger partial charge is 0.338 e. The molecule has 7 heteroatoms. The molecule has 3 heterocycles. The molecule has 166 valence electrons. The van der Waals surface area contributed by atoms with Gasteiger partial charge in [-0.25, -0.2) is 14.8 Å². The van der Waals surface area contributed by atoms with Crippen LogP contribution in [0.3, 0.4) is 0 Å². The lowest BCUT2D eigenvalue weighted by Crippen LogP contribution is -2.39. The van der Waals surface area contributed by atoms with Crippen molar-refractivity contribution in [2.24, 2.45) is 5.92 Å². The Kier molecular flexibility index (Phi) is 6.35. The maximum Gasteiger partial charge on any atom is 0.338 e. The van der Waals surface area contributed by atoms with Crippen molar-refractivity contribution in [3.63, 3.8) is 0 Å². The van der Waals surface area contributed by atoms with Gasteiger partial charge in [0.15, 0.2) is 5.65 Å². The predicted molar refractivity (Wildman–Crippen MR) is 124 cm³/mol. The highest BCUT2D eigenvalue weighted by Gasteiger charge is 2.25. The summed E-state index contributed by atoms with van der Waals surface area (Å²) < 4.78 is 5.06. The number of ether oxygens (including phenoxy) is 1. The van der Waals surface area contributed by atoms with Crippen LogP contribution in [0.2, 0.25) is 0 Å². The van der Waals surface area contributed by atoms with Gasteiger partial charge in [0.2, 0.25) is 0 Å². The Morgan fingerprint density at radius 2 is 1.97 bits per heavy atom. The third-order valence-electron chi connectivity index (χ3n) is 5.71. The fraction of sp³-hybridized carbons (Fsp3) is 0.360. The maximum atomic E-state index is 13.4. The lowest BCUT2D eigenvalue weighted by atomic mass is 9.99. The van der Waals surface area contributed by atoms with E-state index < -0.39 is 0 Å². The van der Waals surface area contributed by atoms with E-state index in [4.69, 9.17) is 4.74 Å². The van der Waals surface area contributed by atoms with Crippen LogP contribution in [0.1, 0.15) is 53.1 Å². The number of amides is 1. The topological polar surface area (TPSA) is 84.4 Å². The molecule has 1 N–H and O–H groups in total. The summed E-state index contributed by atoms with van der Waals surface area (Å²) in [7, 11) is 0. The van der Waals surface area contributed by atoms with Crippen LogP contribution in [0.15, 0.2) is 42.6 Å². The fourth-order valence-corrected chi connectivity index (χ4v) is 4.06. The minimum atomic E-state index is -0.358. The van der Waals surface area contributed by atoms with E-state index in [9.17, 15) is 9.59 Å². The van der Waals surface area contributed by atoms with Crippen LogP contribution < -0.4 is 5.32 Å². The van der Waals surface area contributed by atoms with Crippen molar-refractivity contribution < 1.29 is 14.3 Å². The van der Waals surface area contributed by atoms with Gasteiger partial charge in [-0.05, 0) is 69.0 Å². The maximum absolute atomic E-state index is 13.4. The van der Waals surface area contributed by atoms with E-state index in [2.05, 4.69) is 22.2 Å². The quantitative estimate of drug-likeness (QED) is 0.587. The van der Waals surface area contributed by atoms with Gasteiger partial charge in [-0.3, -0.25) is 4.79 Å². The largest absolute Gasteiger partial charge is 0.462 e. The van der Waals surface area contributed by atoms with Crippen LogP contribution in [0.25, 0.3) is 11.0 Å². The number of carbonyl (C=O) groups excluding carboxylic acids is 2. The van der Waals surface area contributed by atoms with Crippen molar-refractivity contribution in [3.8, 4) is 0 Å². The zero-order valence-electron chi connectivity index (χ0n) is 18.7. The number of hydrogen-bond acceptors (Lipinski definition) is 6. The Balaban J connectivity index is 1.71. The summed E-state index contributed by atoms with van der Waals surface area (Å²) in [4.78, 5) is 36.3. The SMILES string of the molecule is CCOC(=O)c1ccc(Nc2c(C(=O)N3CCC[C@H](C)C3)cnc3nc(C)ccc23)cc1. The number of nitrogens with one attached hydrogen (secondary N) is 1. The molecule has 0 bridgehead atoms. The molecule has 4 rings (SSSR count). The van der Waals surface area contributed by atoms with Crippen LogP contribution in [0.5, 0.6) is 0 Å². The average Bonchev–Trinajstić information content (AvgIpc) is 2.79. The highest BCUT2D eigenvalue weighted by atomic mass is 16.5. The Morgan fingerprint density at radius 1 is 1.19 bits per heavy atom. The summed E-state index contributed by atoms with van der Waals surface area (Å²) in [6.45, 7) is 7.69. The Bertz CT molecular complexity index is 1140. The van der Waals surface area contributed by atoms with Crippen molar-refractivity contribution in [1.29, 1.82) is 0 Å². The zero-order chi connectivity index (χ0) is 22.7. The number of pyridine rings is 2. The number of anilines is 2. The molecule has 1 amide bonds. The number of aromatic nitrogens is 2. The zero-order valence-corrected chi connectivity index (χ0v) is 18.7. The number of aryl methyl sites for hydroxylation is 1. The number of benzene rings is 1. The van der Waals surface area contributed by atoms with Gasteiger partial charge in [-0.15, -0.1) is 0 Å². The molecule has 0 unspecified atom stereocenters. The molecule has 0 radical (unpaired) electrons. The molecular formula is C25H28N4O3. The monoisotopic (exact) mass is 432 g/mol. The summed E-state index contributed by atoms with van der Waals surface area (Å²) in [5, 5.41) is 4.16. The number of likely N-dealkylation sites (tertiary alicyclic amines) is 1. The lowest BCUT2D eigenvalue weighted by Gasteiger charge is -2.31. The van der Waals surface area contributed by atoms with Gasteiger partial charge in [-0.2, -0.15) is 0 Å². The molecule has 1 aliphatic rings. The van der Waals surface area contributed by atoms with Crippen molar-refractivity contribution in [2.75, 3.05) is 25.0 Å². The minimum Gasteiger partial charge on any atom is -0.462 e. The molecule has 1 atom stereocenters. The number of fused-ring (bicyclic) bond motifs is 1. The highest BCUT2D eigenvalue weighted by Crippen LogP contribution is 2.31. The number of hydrogen-bond donors (Lipinski definition) is 1. The average molecular weight is 433 g/mol. The molecule has 1 fully saturated rings. The van der Waals surface area contributed by atoms with Gasteiger partial charge < -0.3 is 15.0 Å². The third kappa shape index (κ3) is 4.56. The second-order valence-corrected chi connectivity index (χ2v) is 8.29. The van der Waals surface area contributed by atoms with E-state index in [-0.39, 0.29) is 11.9 Å². The molecule has 2 aromatic heterocycles. The number of rotatable bonds is 5. The molecule has 3 aromatic rings. The molecule has 1 aliphatic heterocycles. The van der Waals surface area contributed by atoms with Crippen molar-refractivity contribution in [1.82, 2.24) is 14.9 Å². The van der Waals surface area contributed by atoms with E-state index in [1.165, 1.54) is 0 Å². The van der Waals surface area contributed by atoms with Crippen molar-refractivity contribution >= 4 is 34.3 Å². The minimum absolute atomic E-state index is 0.0304. The Morgan fingerprint density at radius 3 is 2.69 bits per heavy atom. The first kappa shape index (κ1) is 21.7. The molecule has 7 nitrogen and oxygen atoms in total. The van der Waals surface area contributed by atoms with Gasteiger partial charge in [0.1, 0.15) is 0 Å². The first-order chi connectivity index (χ1) is 15.5. The van der Waals surface area contributed by atoms with E-state index in [1.54, 1.807) is 37.4 Å². The second-order valence-electron chi connectivity index (χ2n) is 8.29. The number of carbonyl (C=O) groups is 2. The van der Waals surface area contributed by atoms with Crippen LogP contribution in [-0.4, -0.2) is 46.4 Å². The van der Waals surface area contributed by atoms with Crippen LogP contribution >= 0.6 is 0 Å². The highest BCUT2D eigenvalue weighted by molar-refractivity contribution is 6.07. The summed E-state index contributed by atoms with van der Waals surface area (Å²) in [6.07, 6.45) is 3.76. The van der Waals surface area contributed by atoms with Gasteiger partial charge >= 0.3 is 5.97 Å². The first-order valence-corrected chi connectivity index (χ1v) is 11.1. The summed E-state index contributed by atoms with van der Waals surface area (Å²) in [6, 6.07) is 10.9. The summed E-state index contributed by atoms with van der Waals surface area (Å²) >= 11 is 0. The molecular weight excluding hydrogens is 404 g/mol. The van der Waals surface area contributed by atoms with Crippen LogP contribution in [-0.2, 0) is 4.74 Å². The third-order valence-corrected chi connectivity index (χ3v) is 5.71. The van der Waals surface area contributed by atoms with E-state index in [0.29, 0.717) is 35.0 Å². The van der Waals surface area contributed by atoms with E-state index >= 15 is 0 Å². The summed E-state index contributed by atoms with van der Waals surface area (Å²) in [5.41, 5.74) is 3.87. The summed E-state index contributed by atoms with van der Waals surface area (Å²) in [5.74, 6) is 0.0950. The number of nitrogens with zero attached hydrogens (tertiary/aromatic N) is 3. The fourth-order valence-electron chi connectivity index (χ4n) is 4.06.